The second-order valence-electron chi connectivity index (χ2n) is 4.90. The van der Waals surface area contributed by atoms with Crippen molar-refractivity contribution in [3.63, 3.8) is 0 Å². The summed E-state index contributed by atoms with van der Waals surface area (Å²) >= 11 is 1.46. The van der Waals surface area contributed by atoms with E-state index >= 15 is 0 Å². The van der Waals surface area contributed by atoms with Crippen LogP contribution in [0.1, 0.15) is 51.3 Å². The predicted molar refractivity (Wildman–Crippen MR) is 67.4 cm³/mol. The van der Waals surface area contributed by atoms with Gasteiger partial charge in [-0.1, -0.05) is 31.2 Å². The smallest absolute Gasteiger partial charge is 0.0927 e. The van der Waals surface area contributed by atoms with E-state index in [9.17, 15) is 0 Å². The van der Waals surface area contributed by atoms with Gasteiger partial charge < -0.3 is 5.32 Å². The summed E-state index contributed by atoms with van der Waals surface area (Å²) in [6, 6.07) is 0.423. The largest absolute Gasteiger partial charge is 0.309 e. The van der Waals surface area contributed by atoms with Crippen LogP contribution in [0, 0.1) is 11.8 Å². The molecule has 0 radical (unpaired) electrons. The third kappa shape index (κ3) is 2.80. The van der Waals surface area contributed by atoms with E-state index in [1.807, 2.05) is 0 Å². The summed E-state index contributed by atoms with van der Waals surface area (Å²) in [6.07, 6.45) is 5.42. The van der Waals surface area contributed by atoms with Gasteiger partial charge in [0.1, 0.15) is 0 Å². The molecule has 1 N–H and O–H groups in total. The minimum atomic E-state index is 0.423. The molecule has 4 heteroatoms. The Bertz CT molecular complexity index is 299. The molecule has 1 saturated carbocycles. The van der Waals surface area contributed by atoms with Crippen LogP contribution in [-0.4, -0.2) is 16.1 Å². The van der Waals surface area contributed by atoms with Crippen molar-refractivity contribution in [2.24, 2.45) is 11.8 Å². The molecule has 90 valence electrons. The lowest BCUT2D eigenvalue weighted by Crippen LogP contribution is -2.31. The van der Waals surface area contributed by atoms with Gasteiger partial charge in [-0.2, -0.15) is 0 Å². The number of nitrogens with zero attached hydrogens (tertiary/aromatic N) is 2. The van der Waals surface area contributed by atoms with E-state index in [1.54, 1.807) is 0 Å². The summed E-state index contributed by atoms with van der Waals surface area (Å²) in [4.78, 5) is 0. The summed E-state index contributed by atoms with van der Waals surface area (Å²) in [7, 11) is 0. The number of rotatable bonds is 4. The zero-order valence-corrected chi connectivity index (χ0v) is 11.0. The van der Waals surface area contributed by atoms with E-state index in [1.165, 1.54) is 37.2 Å². The summed E-state index contributed by atoms with van der Waals surface area (Å²) in [5.74, 6) is 1.61. The molecule has 3 atom stereocenters. The van der Waals surface area contributed by atoms with Crippen LogP contribution in [-0.2, 0) is 0 Å². The first-order valence-electron chi connectivity index (χ1n) is 6.31. The predicted octanol–water partition coefficient (Wildman–Crippen LogP) is 3.02. The molecule has 16 heavy (non-hydrogen) atoms. The molecule has 1 aliphatic rings. The number of aromatic nitrogens is 2. The molecule has 1 aromatic heterocycles. The quantitative estimate of drug-likeness (QED) is 0.877. The topological polar surface area (TPSA) is 37.8 Å². The molecule has 2 rings (SSSR count). The van der Waals surface area contributed by atoms with Crippen molar-refractivity contribution in [1.29, 1.82) is 0 Å². The van der Waals surface area contributed by atoms with Crippen LogP contribution in [0.5, 0.6) is 0 Å². The fourth-order valence-electron chi connectivity index (χ4n) is 2.82. The van der Waals surface area contributed by atoms with Crippen LogP contribution >= 0.6 is 11.5 Å². The third-order valence-corrected chi connectivity index (χ3v) is 4.09. The van der Waals surface area contributed by atoms with Crippen molar-refractivity contribution in [2.75, 3.05) is 6.54 Å². The van der Waals surface area contributed by atoms with Crippen molar-refractivity contribution in [1.82, 2.24) is 14.9 Å². The molecule has 0 spiro atoms. The Morgan fingerprint density at radius 3 is 3.06 bits per heavy atom. The van der Waals surface area contributed by atoms with E-state index < -0.39 is 0 Å². The molecule has 0 amide bonds. The van der Waals surface area contributed by atoms with Gasteiger partial charge in [0.2, 0.25) is 0 Å². The summed E-state index contributed by atoms with van der Waals surface area (Å²) in [5, 5.41) is 9.91. The molecule has 3 nitrogen and oxygen atoms in total. The first-order chi connectivity index (χ1) is 7.81. The maximum atomic E-state index is 4.24. The molecule has 1 fully saturated rings. The number of nitrogens with one attached hydrogen (secondary N) is 1. The van der Waals surface area contributed by atoms with Crippen LogP contribution in [0.25, 0.3) is 0 Å². The maximum Gasteiger partial charge on any atom is 0.0927 e. The van der Waals surface area contributed by atoms with Gasteiger partial charge in [0.15, 0.2) is 0 Å². The van der Waals surface area contributed by atoms with E-state index in [0.717, 1.165) is 24.1 Å². The Kier molecular flexibility index (Phi) is 4.29. The third-order valence-electron chi connectivity index (χ3n) is 3.57. The molecular formula is C12H21N3S. The Balaban J connectivity index is 2.06. The standard InChI is InChI=1S/C12H21N3S/c1-3-13-12(11-8-16-15-14-11)10-6-4-5-9(2)7-10/h8-10,12-13H,3-7H2,1-2H3. The van der Waals surface area contributed by atoms with Crippen LogP contribution in [0.15, 0.2) is 5.38 Å². The minimum absolute atomic E-state index is 0.423. The average molecular weight is 239 g/mol. The normalized spacial score (nSPS) is 27.9. The maximum absolute atomic E-state index is 4.24. The van der Waals surface area contributed by atoms with E-state index in [-0.39, 0.29) is 0 Å². The molecular weight excluding hydrogens is 218 g/mol. The van der Waals surface area contributed by atoms with Crippen LogP contribution in [0.2, 0.25) is 0 Å². The molecule has 3 unspecified atom stereocenters. The molecule has 1 aliphatic carbocycles. The van der Waals surface area contributed by atoms with Crippen molar-refractivity contribution in [3.8, 4) is 0 Å². The van der Waals surface area contributed by atoms with Crippen molar-refractivity contribution in [2.45, 2.75) is 45.6 Å². The fourth-order valence-corrected chi connectivity index (χ4v) is 3.31. The first-order valence-corrected chi connectivity index (χ1v) is 7.15. The van der Waals surface area contributed by atoms with Crippen LogP contribution in [0.3, 0.4) is 0 Å². The lowest BCUT2D eigenvalue weighted by atomic mass is 9.78. The highest BCUT2D eigenvalue weighted by molar-refractivity contribution is 7.03. The second-order valence-corrected chi connectivity index (χ2v) is 5.51. The van der Waals surface area contributed by atoms with Crippen molar-refractivity contribution >= 4 is 11.5 Å². The number of hydrogen-bond donors (Lipinski definition) is 1. The van der Waals surface area contributed by atoms with E-state index in [0.29, 0.717) is 6.04 Å². The Morgan fingerprint density at radius 2 is 2.44 bits per heavy atom. The van der Waals surface area contributed by atoms with E-state index in [4.69, 9.17) is 0 Å². The van der Waals surface area contributed by atoms with Gasteiger partial charge in [-0.15, -0.1) is 5.10 Å². The lowest BCUT2D eigenvalue weighted by Gasteiger charge is -2.32. The van der Waals surface area contributed by atoms with Crippen LogP contribution < -0.4 is 5.32 Å². The minimum Gasteiger partial charge on any atom is -0.309 e. The Morgan fingerprint density at radius 1 is 1.56 bits per heavy atom. The zero-order valence-electron chi connectivity index (χ0n) is 10.1. The zero-order chi connectivity index (χ0) is 11.4. The van der Waals surface area contributed by atoms with Crippen molar-refractivity contribution in [3.05, 3.63) is 11.1 Å². The van der Waals surface area contributed by atoms with Gasteiger partial charge in [0.05, 0.1) is 11.7 Å². The lowest BCUT2D eigenvalue weighted by molar-refractivity contribution is 0.222. The van der Waals surface area contributed by atoms with Gasteiger partial charge in [0.25, 0.3) is 0 Å². The second kappa shape index (κ2) is 5.73. The molecule has 0 aromatic carbocycles. The summed E-state index contributed by atoms with van der Waals surface area (Å²) in [6.45, 7) is 5.54. The molecule has 1 heterocycles. The SMILES string of the molecule is CCNC(c1csnn1)C1CCCC(C)C1. The Labute approximate surface area is 102 Å². The molecule has 0 aliphatic heterocycles. The van der Waals surface area contributed by atoms with Gasteiger partial charge in [-0.25, -0.2) is 0 Å². The monoisotopic (exact) mass is 239 g/mol. The van der Waals surface area contributed by atoms with Crippen LogP contribution in [0.4, 0.5) is 0 Å². The molecule has 0 bridgehead atoms. The highest BCUT2D eigenvalue weighted by atomic mass is 32.1. The van der Waals surface area contributed by atoms with Crippen molar-refractivity contribution < 1.29 is 0 Å². The van der Waals surface area contributed by atoms with Gasteiger partial charge >= 0.3 is 0 Å². The van der Waals surface area contributed by atoms with E-state index in [2.05, 4.69) is 34.1 Å². The Hall–Kier alpha value is -0.480. The first kappa shape index (κ1) is 12.0. The summed E-state index contributed by atoms with van der Waals surface area (Å²) in [5.41, 5.74) is 1.14. The van der Waals surface area contributed by atoms with Gasteiger partial charge in [-0.05, 0) is 42.8 Å². The average Bonchev–Trinajstić information content (AvgIpc) is 2.79. The number of hydrogen-bond acceptors (Lipinski definition) is 4. The highest BCUT2D eigenvalue weighted by Gasteiger charge is 2.28. The highest BCUT2D eigenvalue weighted by Crippen LogP contribution is 2.36. The summed E-state index contributed by atoms with van der Waals surface area (Å²) < 4.78 is 3.99. The molecule has 1 aromatic rings. The van der Waals surface area contributed by atoms with Gasteiger partial charge in [0, 0.05) is 5.38 Å². The van der Waals surface area contributed by atoms with Gasteiger partial charge in [-0.3, -0.25) is 0 Å². The fraction of sp³-hybridized carbons (Fsp3) is 0.833. The molecule has 0 saturated heterocycles.